The zero-order valence-electron chi connectivity index (χ0n) is 17.0. The van der Waals surface area contributed by atoms with Gasteiger partial charge in [-0.05, 0) is 49.6 Å². The van der Waals surface area contributed by atoms with Crippen LogP contribution < -0.4 is 4.74 Å². The quantitative estimate of drug-likeness (QED) is 0.453. The van der Waals surface area contributed by atoms with Gasteiger partial charge in [0.05, 0.1) is 18.5 Å². The second-order valence-electron chi connectivity index (χ2n) is 6.77. The average Bonchev–Trinajstić information content (AvgIpc) is 3.40. The lowest BCUT2D eigenvalue weighted by molar-refractivity contribution is 0.0689. The maximum Gasteiger partial charge on any atom is 0.289 e. The highest BCUT2D eigenvalue weighted by Crippen LogP contribution is 2.23. The minimum atomic E-state index is -0.146. The Balaban J connectivity index is 1.63. The van der Waals surface area contributed by atoms with Crippen molar-refractivity contribution in [3.05, 3.63) is 69.6 Å². The summed E-state index contributed by atoms with van der Waals surface area (Å²) in [6.45, 7) is 6.11. The normalized spacial score (nSPS) is 10.9. The van der Waals surface area contributed by atoms with E-state index in [1.54, 1.807) is 24.1 Å². The molecule has 0 aliphatic heterocycles. The van der Waals surface area contributed by atoms with Crippen LogP contribution in [0, 0.1) is 13.8 Å². The molecule has 7 heteroatoms. The summed E-state index contributed by atoms with van der Waals surface area (Å²) in [5.41, 5.74) is 3.18. The third kappa shape index (κ3) is 5.68. The highest BCUT2D eigenvalue weighted by atomic mass is 32.1. The van der Waals surface area contributed by atoms with E-state index < -0.39 is 0 Å². The fraction of sp³-hybridized carbons (Fsp3) is 0.364. The van der Waals surface area contributed by atoms with Gasteiger partial charge in [-0.1, -0.05) is 12.1 Å². The summed E-state index contributed by atoms with van der Waals surface area (Å²) in [5, 5.41) is 2.85. The Morgan fingerprint density at radius 1 is 1.24 bits per heavy atom. The molecule has 1 amide bonds. The SMILES string of the molecule is COCCCN(Cc1csc(COc2cccc(C)c2C)n1)C(=O)c1ccco1. The number of furan rings is 1. The van der Waals surface area contributed by atoms with Crippen molar-refractivity contribution in [3.8, 4) is 5.75 Å². The van der Waals surface area contributed by atoms with Gasteiger partial charge in [0, 0.05) is 25.6 Å². The minimum Gasteiger partial charge on any atom is -0.486 e. The largest absolute Gasteiger partial charge is 0.486 e. The summed E-state index contributed by atoms with van der Waals surface area (Å²) >= 11 is 1.54. The Labute approximate surface area is 175 Å². The molecule has 0 aliphatic rings. The van der Waals surface area contributed by atoms with Crippen molar-refractivity contribution >= 4 is 17.2 Å². The smallest absolute Gasteiger partial charge is 0.289 e. The van der Waals surface area contributed by atoms with Gasteiger partial charge < -0.3 is 18.8 Å². The number of carbonyl (C=O) groups excluding carboxylic acids is 1. The number of aromatic nitrogens is 1. The number of benzene rings is 1. The van der Waals surface area contributed by atoms with Gasteiger partial charge >= 0.3 is 0 Å². The number of rotatable bonds is 10. The second-order valence-corrected chi connectivity index (χ2v) is 7.71. The molecule has 0 aliphatic carbocycles. The van der Waals surface area contributed by atoms with Crippen LogP contribution in [0.15, 0.2) is 46.4 Å². The lowest BCUT2D eigenvalue weighted by atomic mass is 10.1. The molecule has 3 aromatic rings. The number of hydrogen-bond acceptors (Lipinski definition) is 6. The van der Waals surface area contributed by atoms with Gasteiger partial charge in [-0.2, -0.15) is 0 Å². The fourth-order valence-corrected chi connectivity index (χ4v) is 3.61. The molecule has 29 heavy (non-hydrogen) atoms. The molecule has 0 bridgehead atoms. The van der Waals surface area contributed by atoms with Gasteiger partial charge in [0.25, 0.3) is 5.91 Å². The molecular formula is C22H26N2O4S. The number of carbonyl (C=O) groups is 1. The third-order valence-electron chi connectivity index (χ3n) is 4.65. The first-order valence-corrected chi connectivity index (χ1v) is 10.4. The molecule has 0 saturated carbocycles. The van der Waals surface area contributed by atoms with E-state index >= 15 is 0 Å². The standard InChI is InChI=1S/C22H26N2O4S/c1-16-7-4-8-19(17(16)2)28-14-21-23-18(15-29-21)13-24(10-6-11-26-3)22(25)20-9-5-12-27-20/h4-5,7-9,12,15H,6,10-11,13-14H2,1-3H3. The highest BCUT2D eigenvalue weighted by molar-refractivity contribution is 7.09. The summed E-state index contributed by atoms with van der Waals surface area (Å²) in [6, 6.07) is 9.42. The minimum absolute atomic E-state index is 0.146. The number of methoxy groups -OCH3 is 1. The van der Waals surface area contributed by atoms with Crippen LogP contribution >= 0.6 is 11.3 Å². The van der Waals surface area contributed by atoms with Crippen molar-refractivity contribution in [1.29, 1.82) is 0 Å². The molecule has 0 N–H and O–H groups in total. The number of hydrogen-bond donors (Lipinski definition) is 0. The van der Waals surface area contributed by atoms with Crippen LogP contribution in [0.5, 0.6) is 5.75 Å². The van der Waals surface area contributed by atoms with Gasteiger partial charge in [0.2, 0.25) is 0 Å². The molecule has 1 aromatic carbocycles. The van der Waals surface area contributed by atoms with E-state index in [0.29, 0.717) is 32.1 Å². The maximum absolute atomic E-state index is 12.7. The summed E-state index contributed by atoms with van der Waals surface area (Å²) < 4.78 is 16.3. The van der Waals surface area contributed by atoms with Crippen molar-refractivity contribution in [1.82, 2.24) is 9.88 Å². The van der Waals surface area contributed by atoms with Gasteiger partial charge in [0.15, 0.2) is 5.76 Å². The average molecular weight is 415 g/mol. The third-order valence-corrected chi connectivity index (χ3v) is 5.53. The molecule has 0 spiro atoms. The van der Waals surface area contributed by atoms with E-state index in [0.717, 1.165) is 28.4 Å². The molecule has 154 valence electrons. The van der Waals surface area contributed by atoms with Crippen LogP contribution in [0.2, 0.25) is 0 Å². The Morgan fingerprint density at radius 2 is 2.10 bits per heavy atom. The van der Waals surface area contributed by atoms with E-state index in [9.17, 15) is 4.79 Å². The van der Waals surface area contributed by atoms with Crippen LogP contribution in [-0.4, -0.2) is 36.1 Å². The lowest BCUT2D eigenvalue weighted by Gasteiger charge is -2.20. The number of thiazole rings is 1. The number of nitrogens with zero attached hydrogens (tertiary/aromatic N) is 2. The van der Waals surface area contributed by atoms with E-state index in [1.165, 1.54) is 23.2 Å². The molecule has 0 unspecified atom stereocenters. The summed E-state index contributed by atoms with van der Waals surface area (Å²) in [5.74, 6) is 1.05. The first-order valence-electron chi connectivity index (χ1n) is 9.52. The number of aryl methyl sites for hydroxylation is 1. The van der Waals surface area contributed by atoms with Gasteiger partial charge in [-0.15, -0.1) is 11.3 Å². The first kappa shape index (κ1) is 21.1. The molecule has 3 rings (SSSR count). The molecule has 6 nitrogen and oxygen atoms in total. The fourth-order valence-electron chi connectivity index (χ4n) is 2.91. The van der Waals surface area contributed by atoms with E-state index in [2.05, 4.69) is 24.9 Å². The van der Waals surface area contributed by atoms with Crippen molar-refractivity contribution in [2.45, 2.75) is 33.4 Å². The maximum atomic E-state index is 12.7. The van der Waals surface area contributed by atoms with Crippen LogP contribution in [0.25, 0.3) is 0 Å². The Kier molecular flexibility index (Phi) is 7.43. The molecule has 0 radical (unpaired) electrons. The van der Waals surface area contributed by atoms with Crippen LogP contribution in [0.1, 0.15) is 38.8 Å². The predicted octanol–water partition coefficient (Wildman–Crippen LogP) is 4.61. The predicted molar refractivity (Wildman–Crippen MR) is 112 cm³/mol. The van der Waals surface area contributed by atoms with Crippen molar-refractivity contribution in [2.75, 3.05) is 20.3 Å². The van der Waals surface area contributed by atoms with Crippen molar-refractivity contribution < 1.29 is 18.7 Å². The van der Waals surface area contributed by atoms with Crippen LogP contribution in [0.4, 0.5) is 0 Å². The first-order chi connectivity index (χ1) is 14.1. The summed E-state index contributed by atoms with van der Waals surface area (Å²) in [6.07, 6.45) is 2.25. The molecule has 0 atom stereocenters. The van der Waals surface area contributed by atoms with Crippen LogP contribution in [-0.2, 0) is 17.9 Å². The van der Waals surface area contributed by atoms with Gasteiger partial charge in [-0.3, -0.25) is 4.79 Å². The molecule has 0 fully saturated rings. The topological polar surface area (TPSA) is 64.8 Å². The van der Waals surface area contributed by atoms with Gasteiger partial charge in [-0.25, -0.2) is 4.98 Å². The number of ether oxygens (including phenoxy) is 2. The second kappa shape index (κ2) is 10.2. The van der Waals surface area contributed by atoms with E-state index in [4.69, 9.17) is 13.9 Å². The molecule has 0 saturated heterocycles. The highest BCUT2D eigenvalue weighted by Gasteiger charge is 2.19. The Morgan fingerprint density at radius 3 is 2.86 bits per heavy atom. The zero-order valence-corrected chi connectivity index (χ0v) is 17.8. The summed E-state index contributed by atoms with van der Waals surface area (Å²) in [7, 11) is 1.65. The van der Waals surface area contributed by atoms with E-state index in [1.807, 2.05) is 17.5 Å². The van der Waals surface area contributed by atoms with Crippen molar-refractivity contribution in [3.63, 3.8) is 0 Å². The summed E-state index contributed by atoms with van der Waals surface area (Å²) in [4.78, 5) is 19.1. The Bertz CT molecular complexity index is 921. The zero-order chi connectivity index (χ0) is 20.6. The monoisotopic (exact) mass is 414 g/mol. The van der Waals surface area contributed by atoms with E-state index in [-0.39, 0.29) is 5.91 Å². The van der Waals surface area contributed by atoms with Crippen molar-refractivity contribution in [2.24, 2.45) is 0 Å². The number of amides is 1. The van der Waals surface area contributed by atoms with Gasteiger partial charge in [0.1, 0.15) is 17.4 Å². The molecule has 2 aromatic heterocycles. The molecule has 2 heterocycles. The Hall–Kier alpha value is -2.64. The van der Waals surface area contributed by atoms with Crippen LogP contribution in [0.3, 0.4) is 0 Å². The lowest BCUT2D eigenvalue weighted by Crippen LogP contribution is -2.32. The molecular weight excluding hydrogens is 388 g/mol.